The number of nitrogens with one attached hydrogen (secondary N) is 1. The molecule has 0 aliphatic rings. The fraction of sp³-hybridized carbons (Fsp3) is 0.0588. The molecule has 4 aromatic rings. The Morgan fingerprint density at radius 2 is 1.62 bits per heavy atom. The fourth-order valence-corrected chi connectivity index (χ4v) is 2.65. The zero-order valence-electron chi connectivity index (χ0n) is 12.7. The minimum atomic E-state index is -0.817. The normalized spacial score (nSPS) is 11.2. The van der Waals surface area contributed by atoms with Gasteiger partial charge >= 0.3 is 11.1 Å². The van der Waals surface area contributed by atoms with Gasteiger partial charge in [-0.3, -0.25) is 14.4 Å². The van der Waals surface area contributed by atoms with Crippen molar-refractivity contribution in [1.29, 1.82) is 0 Å². The van der Waals surface area contributed by atoms with Crippen molar-refractivity contribution in [1.82, 2.24) is 19.2 Å². The lowest BCUT2D eigenvalue weighted by atomic mass is 10.2. The molecule has 0 saturated carbocycles. The summed E-state index contributed by atoms with van der Waals surface area (Å²) in [7, 11) is 0. The molecule has 0 amide bonds. The van der Waals surface area contributed by atoms with Gasteiger partial charge < -0.3 is 4.98 Å². The van der Waals surface area contributed by atoms with E-state index in [0.29, 0.717) is 16.7 Å². The average Bonchev–Trinajstić information content (AvgIpc) is 2.59. The van der Waals surface area contributed by atoms with Crippen LogP contribution >= 0.6 is 0 Å². The second kappa shape index (κ2) is 5.02. The number of aromatic nitrogens is 4. The number of hydrogen-bond acceptors (Lipinski definition) is 4. The summed E-state index contributed by atoms with van der Waals surface area (Å²) >= 11 is 0. The van der Waals surface area contributed by atoms with E-state index in [0.717, 1.165) is 14.6 Å². The van der Waals surface area contributed by atoms with E-state index in [9.17, 15) is 14.4 Å². The second-order valence-electron chi connectivity index (χ2n) is 5.49. The molecule has 7 nitrogen and oxygen atoms in total. The van der Waals surface area contributed by atoms with Crippen LogP contribution in [0.5, 0.6) is 0 Å². The zero-order chi connectivity index (χ0) is 16.8. The van der Waals surface area contributed by atoms with Crippen LogP contribution in [0.1, 0.15) is 5.56 Å². The molecule has 0 radical (unpaired) electrons. The van der Waals surface area contributed by atoms with Crippen LogP contribution in [0, 0.1) is 6.92 Å². The molecule has 0 aliphatic carbocycles. The summed E-state index contributed by atoms with van der Waals surface area (Å²) in [6.07, 6.45) is 0. The van der Waals surface area contributed by atoms with E-state index in [2.05, 4.69) is 10.1 Å². The number of benzene rings is 2. The van der Waals surface area contributed by atoms with Crippen molar-refractivity contribution in [3.8, 4) is 5.69 Å². The quantitative estimate of drug-likeness (QED) is 0.418. The first-order valence-electron chi connectivity index (χ1n) is 7.30. The predicted molar refractivity (Wildman–Crippen MR) is 89.9 cm³/mol. The minimum absolute atomic E-state index is 0.126. The molecule has 1 N–H and O–H groups in total. The molecule has 7 heteroatoms. The first-order chi connectivity index (χ1) is 11.6. The van der Waals surface area contributed by atoms with Crippen molar-refractivity contribution in [2.75, 3.05) is 0 Å². The molecule has 24 heavy (non-hydrogen) atoms. The Morgan fingerprint density at radius 1 is 0.917 bits per heavy atom. The zero-order valence-corrected chi connectivity index (χ0v) is 12.7. The van der Waals surface area contributed by atoms with Gasteiger partial charge in [-0.2, -0.15) is 4.68 Å². The molecule has 0 bridgehead atoms. The SMILES string of the molecule is Cc1ccc(-n2nc3c(=O)[nH]c4ccccc4n3c(=O)c2=O)cc1. The van der Waals surface area contributed by atoms with E-state index in [1.807, 2.05) is 6.92 Å². The van der Waals surface area contributed by atoms with Gasteiger partial charge in [-0.1, -0.05) is 29.8 Å². The molecule has 2 aromatic heterocycles. The Balaban J connectivity index is 2.19. The number of hydrogen-bond donors (Lipinski definition) is 1. The van der Waals surface area contributed by atoms with Gasteiger partial charge in [0, 0.05) is 0 Å². The Labute approximate surface area is 134 Å². The first-order valence-corrected chi connectivity index (χ1v) is 7.30. The molecule has 0 aliphatic heterocycles. The van der Waals surface area contributed by atoms with Gasteiger partial charge in [0.25, 0.3) is 5.56 Å². The Kier molecular flexibility index (Phi) is 2.96. The van der Waals surface area contributed by atoms with Gasteiger partial charge in [0.1, 0.15) is 0 Å². The van der Waals surface area contributed by atoms with Crippen LogP contribution in [0.3, 0.4) is 0 Å². The Bertz CT molecular complexity index is 1260. The van der Waals surface area contributed by atoms with Crippen LogP contribution in [-0.2, 0) is 0 Å². The van der Waals surface area contributed by atoms with Crippen molar-refractivity contribution < 1.29 is 0 Å². The highest BCUT2D eigenvalue weighted by Crippen LogP contribution is 2.09. The molecule has 0 spiro atoms. The number of fused-ring (bicyclic) bond motifs is 3. The maximum absolute atomic E-state index is 12.6. The van der Waals surface area contributed by atoms with E-state index in [-0.39, 0.29) is 5.65 Å². The number of aryl methyl sites for hydroxylation is 1. The number of para-hydroxylation sites is 2. The summed E-state index contributed by atoms with van der Waals surface area (Å²) in [5.74, 6) is 0. The lowest BCUT2D eigenvalue weighted by Crippen LogP contribution is -2.41. The van der Waals surface area contributed by atoms with Gasteiger partial charge in [0.2, 0.25) is 5.65 Å². The smallest absolute Gasteiger partial charge is 0.317 e. The largest absolute Gasteiger partial charge is 0.337 e. The van der Waals surface area contributed by atoms with Gasteiger partial charge in [-0.15, -0.1) is 5.10 Å². The highest BCUT2D eigenvalue weighted by Gasteiger charge is 2.14. The number of aromatic amines is 1. The molecule has 2 heterocycles. The fourth-order valence-electron chi connectivity index (χ4n) is 2.65. The highest BCUT2D eigenvalue weighted by molar-refractivity contribution is 5.76. The molecular formula is C17H12N4O3. The maximum atomic E-state index is 12.6. The summed E-state index contributed by atoms with van der Waals surface area (Å²) in [5.41, 5.74) is 0.0376. The van der Waals surface area contributed by atoms with E-state index in [1.54, 1.807) is 48.5 Å². The molecule has 118 valence electrons. The van der Waals surface area contributed by atoms with Crippen LogP contribution in [0.4, 0.5) is 0 Å². The van der Waals surface area contributed by atoms with Gasteiger partial charge in [-0.05, 0) is 31.2 Å². The van der Waals surface area contributed by atoms with Gasteiger partial charge in [0.15, 0.2) is 0 Å². The van der Waals surface area contributed by atoms with Crippen LogP contribution in [0.15, 0.2) is 62.9 Å². The summed E-state index contributed by atoms with van der Waals surface area (Å²) in [4.78, 5) is 40.0. The van der Waals surface area contributed by atoms with Crippen molar-refractivity contribution in [2.24, 2.45) is 0 Å². The van der Waals surface area contributed by atoms with E-state index in [1.165, 1.54) is 0 Å². The lowest BCUT2D eigenvalue weighted by molar-refractivity contribution is 0.770. The Hall–Kier alpha value is -3.48. The van der Waals surface area contributed by atoms with Crippen molar-refractivity contribution in [3.05, 3.63) is 85.2 Å². The van der Waals surface area contributed by atoms with Crippen molar-refractivity contribution in [2.45, 2.75) is 6.92 Å². The number of H-pyrrole nitrogens is 1. The third kappa shape index (κ3) is 1.98. The topological polar surface area (TPSA) is 89.2 Å². The van der Waals surface area contributed by atoms with E-state index < -0.39 is 16.7 Å². The molecule has 4 rings (SSSR count). The third-order valence-corrected chi connectivity index (χ3v) is 3.86. The summed E-state index contributed by atoms with van der Waals surface area (Å²) < 4.78 is 2.02. The van der Waals surface area contributed by atoms with Gasteiger partial charge in [-0.25, -0.2) is 4.40 Å². The van der Waals surface area contributed by atoms with Crippen LogP contribution < -0.4 is 16.7 Å². The second-order valence-corrected chi connectivity index (χ2v) is 5.49. The maximum Gasteiger partial charge on any atom is 0.337 e. The molecule has 0 atom stereocenters. The Morgan fingerprint density at radius 3 is 2.38 bits per heavy atom. The summed E-state index contributed by atoms with van der Waals surface area (Å²) in [6, 6.07) is 13.7. The number of rotatable bonds is 1. The lowest BCUT2D eigenvalue weighted by Gasteiger charge is -2.08. The van der Waals surface area contributed by atoms with Crippen LogP contribution in [0.2, 0.25) is 0 Å². The molecule has 0 fully saturated rings. The van der Waals surface area contributed by atoms with Crippen LogP contribution in [-0.4, -0.2) is 19.2 Å². The van der Waals surface area contributed by atoms with Gasteiger partial charge in [0.05, 0.1) is 16.7 Å². The average molecular weight is 320 g/mol. The standard InChI is InChI=1S/C17H12N4O3/c1-10-6-8-11(9-7-10)21-17(24)16(23)20-13-5-3-2-4-12(13)18-15(22)14(20)19-21/h2-9H,1H3,(H,18,22). The molecular weight excluding hydrogens is 308 g/mol. The van der Waals surface area contributed by atoms with Crippen molar-refractivity contribution >= 4 is 16.7 Å². The minimum Gasteiger partial charge on any atom is -0.317 e. The third-order valence-electron chi connectivity index (χ3n) is 3.86. The highest BCUT2D eigenvalue weighted by atomic mass is 16.2. The summed E-state index contributed by atoms with van der Waals surface area (Å²) in [6.45, 7) is 1.91. The van der Waals surface area contributed by atoms with Crippen molar-refractivity contribution in [3.63, 3.8) is 0 Å². The summed E-state index contributed by atoms with van der Waals surface area (Å²) in [5, 5.41) is 4.11. The van der Waals surface area contributed by atoms with E-state index in [4.69, 9.17) is 0 Å². The van der Waals surface area contributed by atoms with E-state index >= 15 is 0 Å². The first kappa shape index (κ1) is 14.1. The molecule has 2 aromatic carbocycles. The monoisotopic (exact) mass is 320 g/mol. The molecule has 0 saturated heterocycles. The van der Waals surface area contributed by atoms with Crippen LogP contribution in [0.25, 0.3) is 22.4 Å². The number of nitrogens with zero attached hydrogens (tertiary/aromatic N) is 3. The predicted octanol–water partition coefficient (Wildman–Crippen LogP) is 0.995. The molecule has 0 unspecified atom stereocenters.